The van der Waals surface area contributed by atoms with Gasteiger partial charge in [-0.25, -0.2) is 4.98 Å². The third-order valence-corrected chi connectivity index (χ3v) is 3.18. The highest BCUT2D eigenvalue weighted by molar-refractivity contribution is 9.10. The maximum atomic E-state index is 5.60. The lowest BCUT2D eigenvalue weighted by atomic mass is 10.2. The van der Waals surface area contributed by atoms with Crippen molar-refractivity contribution in [2.45, 2.75) is 6.92 Å². The highest BCUT2D eigenvalue weighted by Crippen LogP contribution is 2.39. The van der Waals surface area contributed by atoms with E-state index in [1.54, 1.807) is 13.3 Å². The van der Waals surface area contributed by atoms with Crippen LogP contribution in [0.3, 0.4) is 0 Å². The van der Waals surface area contributed by atoms with Crippen LogP contribution >= 0.6 is 15.9 Å². The quantitative estimate of drug-likeness (QED) is 0.869. The van der Waals surface area contributed by atoms with Gasteiger partial charge in [-0.15, -0.1) is 0 Å². The Hall–Kier alpha value is -1.49. The smallest absolute Gasteiger partial charge is 0.174 e. The Morgan fingerprint density at radius 1 is 1.39 bits per heavy atom. The van der Waals surface area contributed by atoms with E-state index < -0.39 is 0 Å². The van der Waals surface area contributed by atoms with Crippen LogP contribution in [0.2, 0.25) is 0 Å². The van der Waals surface area contributed by atoms with Crippen molar-refractivity contribution in [2.75, 3.05) is 13.7 Å². The van der Waals surface area contributed by atoms with Gasteiger partial charge in [0.25, 0.3) is 0 Å². The lowest BCUT2D eigenvalue weighted by molar-refractivity contribution is 0.310. The summed E-state index contributed by atoms with van der Waals surface area (Å²) in [6, 6.07) is 3.92. The molecule has 0 unspecified atom stereocenters. The van der Waals surface area contributed by atoms with Crippen molar-refractivity contribution < 1.29 is 9.47 Å². The molecule has 0 atom stereocenters. The van der Waals surface area contributed by atoms with Crippen molar-refractivity contribution in [3.63, 3.8) is 0 Å². The van der Waals surface area contributed by atoms with E-state index in [2.05, 4.69) is 20.9 Å². The van der Waals surface area contributed by atoms with E-state index in [-0.39, 0.29) is 0 Å². The van der Waals surface area contributed by atoms with Crippen LogP contribution in [-0.2, 0) is 7.05 Å². The number of hydrogen-bond acceptors (Lipinski definition) is 3. The van der Waals surface area contributed by atoms with Gasteiger partial charge in [0.1, 0.15) is 5.82 Å². The number of halogens is 1. The Morgan fingerprint density at radius 2 is 2.17 bits per heavy atom. The van der Waals surface area contributed by atoms with Crippen molar-refractivity contribution in [1.82, 2.24) is 9.55 Å². The summed E-state index contributed by atoms with van der Waals surface area (Å²) in [6.07, 6.45) is 3.68. The predicted molar refractivity (Wildman–Crippen MR) is 74.1 cm³/mol. The van der Waals surface area contributed by atoms with Gasteiger partial charge in [-0.1, -0.05) is 0 Å². The fourth-order valence-electron chi connectivity index (χ4n) is 1.80. The number of ether oxygens (including phenoxy) is 2. The van der Waals surface area contributed by atoms with E-state index in [1.807, 2.05) is 36.9 Å². The zero-order valence-corrected chi connectivity index (χ0v) is 12.2. The van der Waals surface area contributed by atoms with Gasteiger partial charge in [0.05, 0.1) is 18.2 Å². The summed E-state index contributed by atoms with van der Waals surface area (Å²) in [4.78, 5) is 4.33. The molecule has 4 nitrogen and oxygen atoms in total. The third kappa shape index (κ3) is 2.36. The van der Waals surface area contributed by atoms with Gasteiger partial charge in [-0.05, 0) is 35.0 Å². The number of methoxy groups -OCH3 is 1. The lowest BCUT2D eigenvalue weighted by Crippen LogP contribution is -1.98. The normalized spacial score (nSPS) is 10.4. The van der Waals surface area contributed by atoms with Crippen molar-refractivity contribution in [2.24, 2.45) is 7.05 Å². The Morgan fingerprint density at radius 3 is 2.72 bits per heavy atom. The molecule has 0 saturated heterocycles. The fourth-order valence-corrected chi connectivity index (χ4v) is 2.41. The van der Waals surface area contributed by atoms with E-state index in [4.69, 9.17) is 9.47 Å². The molecule has 18 heavy (non-hydrogen) atoms. The van der Waals surface area contributed by atoms with Gasteiger partial charge in [0.2, 0.25) is 0 Å². The van der Waals surface area contributed by atoms with Crippen LogP contribution in [0.15, 0.2) is 29.0 Å². The zero-order valence-electron chi connectivity index (χ0n) is 10.6. The second kappa shape index (κ2) is 5.44. The Balaban J connectivity index is 2.54. The van der Waals surface area contributed by atoms with E-state index in [0.717, 1.165) is 15.9 Å². The Bertz CT molecular complexity index is 552. The molecule has 0 amide bonds. The Labute approximate surface area is 115 Å². The average Bonchev–Trinajstić information content (AvgIpc) is 2.75. The molecule has 1 aromatic heterocycles. The van der Waals surface area contributed by atoms with Crippen molar-refractivity contribution in [3.05, 3.63) is 29.0 Å². The number of hydrogen-bond donors (Lipinski definition) is 0. The molecular weight excluding hydrogens is 296 g/mol. The first-order chi connectivity index (χ1) is 8.67. The number of rotatable bonds is 4. The molecule has 0 aliphatic carbocycles. The van der Waals surface area contributed by atoms with E-state index in [9.17, 15) is 0 Å². The van der Waals surface area contributed by atoms with Crippen LogP contribution in [0, 0.1) is 0 Å². The monoisotopic (exact) mass is 310 g/mol. The van der Waals surface area contributed by atoms with Crippen LogP contribution in [0.5, 0.6) is 11.5 Å². The average molecular weight is 311 g/mol. The maximum Gasteiger partial charge on any atom is 0.174 e. The molecule has 0 spiro atoms. The number of imidazole rings is 1. The highest BCUT2D eigenvalue weighted by Gasteiger charge is 2.13. The number of aromatic nitrogens is 2. The standard InChI is InChI=1S/C13H15BrN2O2/c1-4-18-11-8-9(7-10(14)12(11)17-3)13-15-5-6-16(13)2/h5-8H,4H2,1-3H3. The molecule has 2 aromatic rings. The van der Waals surface area contributed by atoms with Crippen molar-refractivity contribution in [3.8, 4) is 22.9 Å². The molecule has 1 aromatic carbocycles. The van der Waals surface area contributed by atoms with Crippen LogP contribution in [0.25, 0.3) is 11.4 Å². The molecule has 1 heterocycles. The minimum atomic E-state index is 0.590. The molecule has 0 saturated carbocycles. The summed E-state index contributed by atoms with van der Waals surface area (Å²) in [6.45, 7) is 2.54. The molecule has 0 fully saturated rings. The first-order valence-corrected chi connectivity index (χ1v) is 6.44. The number of aryl methyl sites for hydroxylation is 1. The van der Waals surface area contributed by atoms with Gasteiger partial charge in [-0.2, -0.15) is 0 Å². The van der Waals surface area contributed by atoms with Gasteiger partial charge >= 0.3 is 0 Å². The van der Waals surface area contributed by atoms with Crippen LogP contribution < -0.4 is 9.47 Å². The van der Waals surface area contributed by atoms with Crippen molar-refractivity contribution >= 4 is 15.9 Å². The summed E-state index contributed by atoms with van der Waals surface area (Å²) in [5, 5.41) is 0. The van der Waals surface area contributed by atoms with Crippen LogP contribution in [0.1, 0.15) is 6.92 Å². The predicted octanol–water partition coefficient (Wildman–Crippen LogP) is 3.26. The van der Waals surface area contributed by atoms with Gasteiger partial charge < -0.3 is 14.0 Å². The number of benzene rings is 1. The van der Waals surface area contributed by atoms with E-state index in [1.165, 1.54) is 0 Å². The largest absolute Gasteiger partial charge is 0.492 e. The maximum absolute atomic E-state index is 5.60. The zero-order chi connectivity index (χ0) is 13.1. The number of nitrogens with zero attached hydrogens (tertiary/aromatic N) is 2. The van der Waals surface area contributed by atoms with Crippen molar-refractivity contribution in [1.29, 1.82) is 0 Å². The van der Waals surface area contributed by atoms with E-state index in [0.29, 0.717) is 18.1 Å². The summed E-state index contributed by atoms with van der Waals surface area (Å²) in [5.41, 5.74) is 0.985. The molecule has 2 rings (SSSR count). The molecule has 0 radical (unpaired) electrons. The van der Waals surface area contributed by atoms with E-state index >= 15 is 0 Å². The molecule has 0 bridgehead atoms. The van der Waals surface area contributed by atoms with Crippen LogP contribution in [0.4, 0.5) is 0 Å². The molecule has 0 aliphatic heterocycles. The third-order valence-electron chi connectivity index (χ3n) is 2.59. The lowest BCUT2D eigenvalue weighted by Gasteiger charge is -2.13. The summed E-state index contributed by atoms with van der Waals surface area (Å²) in [7, 11) is 3.59. The topological polar surface area (TPSA) is 36.3 Å². The SMILES string of the molecule is CCOc1cc(-c2nccn2C)cc(Br)c1OC. The Kier molecular flexibility index (Phi) is 3.91. The second-order valence-corrected chi connectivity index (χ2v) is 4.64. The molecular formula is C13H15BrN2O2. The van der Waals surface area contributed by atoms with Gasteiger partial charge in [0.15, 0.2) is 11.5 Å². The van der Waals surface area contributed by atoms with Gasteiger partial charge in [0, 0.05) is 25.0 Å². The van der Waals surface area contributed by atoms with Gasteiger partial charge in [-0.3, -0.25) is 0 Å². The molecule has 0 N–H and O–H groups in total. The summed E-state index contributed by atoms with van der Waals surface area (Å²) in [5.74, 6) is 2.31. The molecule has 0 aliphatic rings. The molecule has 96 valence electrons. The summed E-state index contributed by atoms with van der Waals surface area (Å²) >= 11 is 3.50. The minimum Gasteiger partial charge on any atom is -0.492 e. The fraction of sp³-hybridized carbons (Fsp3) is 0.308. The minimum absolute atomic E-state index is 0.590. The summed E-state index contributed by atoms with van der Waals surface area (Å²) < 4.78 is 13.7. The molecule has 5 heteroatoms. The first-order valence-electron chi connectivity index (χ1n) is 5.65. The second-order valence-electron chi connectivity index (χ2n) is 3.78. The van der Waals surface area contributed by atoms with Crippen LogP contribution in [-0.4, -0.2) is 23.3 Å². The first kappa shape index (κ1) is 13.0. The highest BCUT2D eigenvalue weighted by atomic mass is 79.9.